The lowest BCUT2D eigenvalue weighted by Gasteiger charge is -2.17. The molecule has 1 amide bonds. The fourth-order valence-electron chi connectivity index (χ4n) is 4.31. The van der Waals surface area contributed by atoms with E-state index >= 15 is 0 Å². The van der Waals surface area contributed by atoms with Crippen LogP contribution in [-0.4, -0.2) is 49.0 Å². The van der Waals surface area contributed by atoms with Crippen LogP contribution in [0.4, 0.5) is 8.78 Å². The van der Waals surface area contributed by atoms with Crippen molar-refractivity contribution >= 4 is 11.9 Å². The van der Waals surface area contributed by atoms with Gasteiger partial charge in [-0.3, -0.25) is 9.59 Å². The summed E-state index contributed by atoms with van der Waals surface area (Å²) in [6.45, 7) is 0.444. The van der Waals surface area contributed by atoms with Crippen molar-refractivity contribution in [3.63, 3.8) is 0 Å². The number of benzene rings is 2. The average Bonchev–Trinajstić information content (AvgIpc) is 3.62. The fourth-order valence-corrected chi connectivity index (χ4v) is 4.31. The van der Waals surface area contributed by atoms with Crippen LogP contribution in [0.1, 0.15) is 59.8 Å². The molecule has 4 N–H and O–H groups in total. The van der Waals surface area contributed by atoms with Crippen LogP contribution < -0.4 is 5.32 Å². The summed E-state index contributed by atoms with van der Waals surface area (Å²) in [5.74, 6) is -1.78. The topological polar surface area (TPSA) is 125 Å². The van der Waals surface area contributed by atoms with Crippen molar-refractivity contribution in [2.24, 2.45) is 0 Å². The highest BCUT2D eigenvalue weighted by Gasteiger charge is 2.35. The van der Waals surface area contributed by atoms with E-state index in [-0.39, 0.29) is 43.4 Å². The summed E-state index contributed by atoms with van der Waals surface area (Å²) in [5.41, 5.74) is 2.28. The summed E-state index contributed by atoms with van der Waals surface area (Å²) in [5, 5.41) is 32.0. The van der Waals surface area contributed by atoms with Gasteiger partial charge in [0, 0.05) is 24.6 Å². The third-order valence-corrected chi connectivity index (χ3v) is 6.29. The highest BCUT2D eigenvalue weighted by Crippen LogP contribution is 2.43. The van der Waals surface area contributed by atoms with Gasteiger partial charge in [-0.25, -0.2) is 13.8 Å². The zero-order valence-corrected chi connectivity index (χ0v) is 20.1. The van der Waals surface area contributed by atoms with Gasteiger partial charge in [0.25, 0.3) is 5.91 Å². The van der Waals surface area contributed by atoms with E-state index in [9.17, 15) is 28.6 Å². The molecule has 8 nitrogen and oxygen atoms in total. The molecule has 2 aromatic carbocycles. The third-order valence-electron chi connectivity index (χ3n) is 6.29. The van der Waals surface area contributed by atoms with Crippen molar-refractivity contribution in [3.05, 3.63) is 77.1 Å². The predicted molar refractivity (Wildman–Crippen MR) is 131 cm³/mol. The molecular formula is C27H29F2N3O5. The lowest BCUT2D eigenvalue weighted by Crippen LogP contribution is -2.25. The van der Waals surface area contributed by atoms with Crippen molar-refractivity contribution in [2.45, 2.75) is 63.3 Å². The van der Waals surface area contributed by atoms with E-state index in [4.69, 9.17) is 5.11 Å². The number of hydrogen-bond acceptors (Lipinski definition) is 5. The van der Waals surface area contributed by atoms with Crippen LogP contribution >= 0.6 is 0 Å². The van der Waals surface area contributed by atoms with Crippen LogP contribution in [0.2, 0.25) is 0 Å². The van der Waals surface area contributed by atoms with Crippen molar-refractivity contribution in [2.75, 3.05) is 0 Å². The summed E-state index contributed by atoms with van der Waals surface area (Å²) >= 11 is 0. The Bertz CT molecular complexity index is 1240. The van der Waals surface area contributed by atoms with E-state index in [2.05, 4.69) is 10.3 Å². The first kappa shape index (κ1) is 26.4. The number of carboxylic acids is 1. The van der Waals surface area contributed by atoms with E-state index in [0.717, 1.165) is 18.4 Å². The Morgan fingerprint density at radius 1 is 1.00 bits per heavy atom. The van der Waals surface area contributed by atoms with Gasteiger partial charge in [0.15, 0.2) is 0 Å². The number of halogens is 2. The van der Waals surface area contributed by atoms with Gasteiger partial charge >= 0.3 is 5.97 Å². The monoisotopic (exact) mass is 513 g/mol. The van der Waals surface area contributed by atoms with E-state index in [1.54, 1.807) is 24.3 Å². The summed E-state index contributed by atoms with van der Waals surface area (Å²) in [7, 11) is 0. The molecule has 0 unspecified atom stereocenters. The average molecular weight is 514 g/mol. The number of aliphatic hydroxyl groups excluding tert-OH is 2. The van der Waals surface area contributed by atoms with Gasteiger partial charge in [-0.1, -0.05) is 12.1 Å². The molecule has 0 spiro atoms. The second-order valence-electron chi connectivity index (χ2n) is 9.34. The lowest BCUT2D eigenvalue weighted by molar-refractivity contribution is -0.139. The molecule has 1 heterocycles. The van der Waals surface area contributed by atoms with E-state index in [1.807, 2.05) is 4.57 Å². The minimum atomic E-state index is -1.18. The quantitative estimate of drug-likeness (QED) is 0.293. The molecule has 10 heteroatoms. The van der Waals surface area contributed by atoms with Gasteiger partial charge in [0.05, 0.1) is 24.3 Å². The number of hydrogen-bond donors (Lipinski definition) is 4. The smallest absolute Gasteiger partial charge is 0.305 e. The second kappa shape index (κ2) is 11.6. The molecule has 4 rings (SSSR count). The van der Waals surface area contributed by atoms with Crippen molar-refractivity contribution in [1.29, 1.82) is 0 Å². The number of rotatable bonds is 12. The van der Waals surface area contributed by atoms with Crippen LogP contribution in [0.3, 0.4) is 0 Å². The molecular weight excluding hydrogens is 484 g/mol. The SMILES string of the molecule is O=C(O)C[C@H](O)C[C@H](O)CCn1c(-c2ccc(F)cc2)nc(C(=O)NCc2ccc(F)cc2)c1C1CC1. The van der Waals surface area contributed by atoms with Crippen LogP contribution in [0.15, 0.2) is 48.5 Å². The maximum atomic E-state index is 13.6. The Hall–Kier alpha value is -3.63. The highest BCUT2D eigenvalue weighted by atomic mass is 19.1. The van der Waals surface area contributed by atoms with Gasteiger partial charge in [-0.2, -0.15) is 0 Å². The normalized spacial score (nSPS) is 14.8. The van der Waals surface area contributed by atoms with Gasteiger partial charge in [0.2, 0.25) is 0 Å². The number of carbonyl (C=O) groups is 2. The number of amides is 1. The van der Waals surface area contributed by atoms with Crippen molar-refractivity contribution in [1.82, 2.24) is 14.9 Å². The molecule has 1 aromatic heterocycles. The number of aliphatic carboxylic acids is 1. The minimum Gasteiger partial charge on any atom is -0.481 e. The van der Waals surface area contributed by atoms with E-state index in [0.29, 0.717) is 17.1 Å². The number of imidazole rings is 1. The largest absolute Gasteiger partial charge is 0.481 e. The zero-order chi connectivity index (χ0) is 26.5. The number of aliphatic hydroxyl groups is 2. The predicted octanol–water partition coefficient (Wildman–Crippen LogP) is 3.61. The van der Waals surface area contributed by atoms with E-state index in [1.165, 1.54) is 24.3 Å². The lowest BCUT2D eigenvalue weighted by atomic mass is 10.1. The Morgan fingerprint density at radius 2 is 1.62 bits per heavy atom. The highest BCUT2D eigenvalue weighted by molar-refractivity contribution is 5.94. The zero-order valence-electron chi connectivity index (χ0n) is 20.1. The first-order valence-corrected chi connectivity index (χ1v) is 12.2. The Kier molecular flexibility index (Phi) is 8.30. The van der Waals surface area contributed by atoms with Crippen molar-refractivity contribution < 1.29 is 33.7 Å². The molecule has 1 saturated carbocycles. The summed E-state index contributed by atoms with van der Waals surface area (Å²) in [4.78, 5) is 28.7. The molecule has 0 saturated heterocycles. The van der Waals surface area contributed by atoms with Crippen LogP contribution in [0.25, 0.3) is 11.4 Å². The Labute approximate surface area is 212 Å². The van der Waals surface area contributed by atoms with Gasteiger partial charge in [-0.15, -0.1) is 0 Å². The molecule has 1 fully saturated rings. The third kappa shape index (κ3) is 6.99. The molecule has 37 heavy (non-hydrogen) atoms. The number of aromatic nitrogens is 2. The summed E-state index contributed by atoms with van der Waals surface area (Å²) in [6, 6.07) is 11.5. The molecule has 1 aliphatic rings. The van der Waals surface area contributed by atoms with Gasteiger partial charge < -0.3 is 25.2 Å². The first-order valence-electron chi connectivity index (χ1n) is 12.2. The number of nitrogens with zero attached hydrogens (tertiary/aromatic N) is 2. The molecule has 0 bridgehead atoms. The molecule has 196 valence electrons. The number of carboxylic acid groups (broad SMARTS) is 1. The van der Waals surface area contributed by atoms with Gasteiger partial charge in [-0.05, 0) is 67.6 Å². The Balaban J connectivity index is 1.59. The molecule has 2 atom stereocenters. The standard InChI is InChI=1S/C27H29F2N3O5/c28-19-7-1-16(2-8-19)15-30-27(37)24-25(17-3-4-17)32(12-11-21(33)13-22(34)14-23(35)36)26(31-24)18-5-9-20(29)10-6-18/h1-2,5-10,17,21-22,33-34H,3-4,11-15H2,(H,30,37)(H,35,36)/t21-,22-/m1/s1. The Morgan fingerprint density at radius 3 is 2.22 bits per heavy atom. The molecule has 1 aliphatic carbocycles. The van der Waals surface area contributed by atoms with Crippen LogP contribution in [0.5, 0.6) is 0 Å². The van der Waals surface area contributed by atoms with Crippen LogP contribution in [-0.2, 0) is 17.9 Å². The fraction of sp³-hybridized carbons (Fsp3) is 0.370. The van der Waals surface area contributed by atoms with Crippen molar-refractivity contribution in [3.8, 4) is 11.4 Å². The summed E-state index contributed by atoms with van der Waals surface area (Å²) < 4.78 is 28.7. The van der Waals surface area contributed by atoms with Crippen LogP contribution in [0, 0.1) is 11.6 Å². The molecule has 0 radical (unpaired) electrons. The maximum Gasteiger partial charge on any atom is 0.305 e. The first-order chi connectivity index (χ1) is 17.7. The number of carbonyl (C=O) groups excluding carboxylic acids is 1. The molecule has 0 aliphatic heterocycles. The maximum absolute atomic E-state index is 13.6. The van der Waals surface area contributed by atoms with E-state index < -0.39 is 36.3 Å². The molecule has 3 aromatic rings. The van der Waals surface area contributed by atoms with Gasteiger partial charge in [0.1, 0.15) is 23.2 Å². The number of nitrogens with one attached hydrogen (secondary N) is 1. The minimum absolute atomic E-state index is 0.100. The summed E-state index contributed by atoms with van der Waals surface area (Å²) in [6.07, 6.45) is -0.786. The second-order valence-corrected chi connectivity index (χ2v) is 9.34.